The molecule has 4 heteroatoms. The molecule has 0 aromatic carbocycles. The maximum atomic E-state index is 11.2. The zero-order chi connectivity index (χ0) is 11.2. The van der Waals surface area contributed by atoms with E-state index in [2.05, 4.69) is 10.3 Å². The summed E-state index contributed by atoms with van der Waals surface area (Å²) < 4.78 is 0. The predicted molar refractivity (Wildman–Crippen MR) is 59.6 cm³/mol. The quantitative estimate of drug-likeness (QED) is 0.790. The fourth-order valence-corrected chi connectivity index (χ4v) is 2.30. The summed E-state index contributed by atoms with van der Waals surface area (Å²) in [4.78, 5) is 15.7. The molecule has 84 valence electrons. The third kappa shape index (κ3) is 1.29. The van der Waals surface area contributed by atoms with E-state index in [0.29, 0.717) is 0 Å². The molecule has 1 aliphatic carbocycles. The van der Waals surface area contributed by atoms with E-state index in [-0.39, 0.29) is 0 Å². The Bertz CT molecular complexity index is 452. The molecule has 0 saturated heterocycles. The lowest BCUT2D eigenvalue weighted by atomic mass is 10.00. The van der Waals surface area contributed by atoms with Crippen LogP contribution in [0.15, 0.2) is 12.1 Å². The minimum absolute atomic E-state index is 0.674. The molecule has 1 aromatic heterocycles. The van der Waals surface area contributed by atoms with E-state index in [9.17, 15) is 9.90 Å². The van der Waals surface area contributed by atoms with Crippen molar-refractivity contribution >= 4 is 11.7 Å². The standard InChI is InChI=1S/C12H14N2O2/c15-11(16)12(5-6-12)10-4-3-8-9(14-10)2-1-7-13-8/h3-4,13H,1-2,5-7H2,(H,15,16). The van der Waals surface area contributed by atoms with Gasteiger partial charge in [-0.25, -0.2) is 0 Å². The number of aryl methyl sites for hydroxylation is 1. The Labute approximate surface area is 93.7 Å². The summed E-state index contributed by atoms with van der Waals surface area (Å²) in [6.45, 7) is 0.984. The zero-order valence-corrected chi connectivity index (χ0v) is 8.99. The van der Waals surface area contributed by atoms with E-state index >= 15 is 0 Å². The minimum Gasteiger partial charge on any atom is -0.481 e. The van der Waals surface area contributed by atoms with E-state index in [1.807, 2.05) is 12.1 Å². The molecule has 16 heavy (non-hydrogen) atoms. The molecule has 2 N–H and O–H groups in total. The molecule has 1 fully saturated rings. The summed E-state index contributed by atoms with van der Waals surface area (Å²) in [5.41, 5.74) is 2.15. The van der Waals surface area contributed by atoms with Gasteiger partial charge in [-0.15, -0.1) is 0 Å². The van der Waals surface area contributed by atoms with E-state index in [4.69, 9.17) is 0 Å². The number of pyridine rings is 1. The van der Waals surface area contributed by atoms with Crippen LogP contribution in [0, 0.1) is 0 Å². The van der Waals surface area contributed by atoms with Crippen molar-refractivity contribution in [2.45, 2.75) is 31.1 Å². The highest BCUT2D eigenvalue weighted by molar-refractivity contribution is 5.84. The van der Waals surface area contributed by atoms with E-state index in [0.717, 1.165) is 49.3 Å². The molecule has 0 spiro atoms. The Hall–Kier alpha value is -1.58. The average Bonchev–Trinajstić information content (AvgIpc) is 3.09. The van der Waals surface area contributed by atoms with Gasteiger partial charge in [-0.2, -0.15) is 0 Å². The molecule has 1 saturated carbocycles. The predicted octanol–water partition coefficient (Wildman–Crippen LogP) is 1.56. The van der Waals surface area contributed by atoms with Crippen molar-refractivity contribution in [1.29, 1.82) is 0 Å². The summed E-state index contributed by atoms with van der Waals surface area (Å²) in [6.07, 6.45) is 3.47. The maximum absolute atomic E-state index is 11.2. The normalized spacial score (nSPS) is 20.8. The van der Waals surface area contributed by atoms with Crippen LogP contribution >= 0.6 is 0 Å². The number of hydrogen-bond donors (Lipinski definition) is 2. The van der Waals surface area contributed by atoms with Gasteiger partial charge in [-0.05, 0) is 37.8 Å². The van der Waals surface area contributed by atoms with Crippen LogP contribution in [0.4, 0.5) is 5.69 Å². The fraction of sp³-hybridized carbons (Fsp3) is 0.500. The van der Waals surface area contributed by atoms with Crippen LogP contribution in [0.25, 0.3) is 0 Å². The second-order valence-electron chi connectivity index (χ2n) is 4.61. The van der Waals surface area contributed by atoms with Crippen molar-refractivity contribution in [1.82, 2.24) is 4.98 Å². The Morgan fingerprint density at radius 3 is 2.94 bits per heavy atom. The molecular formula is C12H14N2O2. The Kier molecular flexibility index (Phi) is 1.93. The van der Waals surface area contributed by atoms with Crippen LogP contribution in [-0.4, -0.2) is 22.6 Å². The van der Waals surface area contributed by atoms with Crippen molar-refractivity contribution in [3.8, 4) is 0 Å². The van der Waals surface area contributed by atoms with Crippen molar-refractivity contribution in [3.63, 3.8) is 0 Å². The molecule has 4 nitrogen and oxygen atoms in total. The lowest BCUT2D eigenvalue weighted by Gasteiger charge is -2.19. The summed E-state index contributed by atoms with van der Waals surface area (Å²) in [7, 11) is 0. The molecule has 2 aliphatic rings. The number of fused-ring (bicyclic) bond motifs is 1. The second-order valence-corrected chi connectivity index (χ2v) is 4.61. The summed E-state index contributed by atoms with van der Waals surface area (Å²) in [5, 5.41) is 12.5. The smallest absolute Gasteiger partial charge is 0.315 e. The molecular weight excluding hydrogens is 204 g/mol. The first-order valence-corrected chi connectivity index (χ1v) is 5.70. The SMILES string of the molecule is O=C(O)C1(c2ccc3c(n2)CCCN3)CC1. The molecule has 2 heterocycles. The first-order chi connectivity index (χ1) is 7.72. The van der Waals surface area contributed by atoms with E-state index in [1.54, 1.807) is 0 Å². The number of rotatable bonds is 2. The number of anilines is 1. The Balaban J connectivity index is 2.00. The first kappa shape index (κ1) is 9.63. The molecule has 0 amide bonds. The van der Waals surface area contributed by atoms with Crippen LogP contribution in [0.1, 0.15) is 30.7 Å². The van der Waals surface area contributed by atoms with Crippen LogP contribution in [0.3, 0.4) is 0 Å². The first-order valence-electron chi connectivity index (χ1n) is 5.70. The molecule has 1 aromatic rings. The van der Waals surface area contributed by atoms with Gasteiger partial charge >= 0.3 is 5.97 Å². The van der Waals surface area contributed by atoms with Crippen molar-refractivity contribution in [2.24, 2.45) is 0 Å². The van der Waals surface area contributed by atoms with Gasteiger partial charge in [-0.3, -0.25) is 9.78 Å². The van der Waals surface area contributed by atoms with Gasteiger partial charge in [0.2, 0.25) is 0 Å². The van der Waals surface area contributed by atoms with Crippen LogP contribution in [0.5, 0.6) is 0 Å². The third-order valence-electron chi connectivity index (χ3n) is 3.53. The topological polar surface area (TPSA) is 62.2 Å². The monoisotopic (exact) mass is 218 g/mol. The maximum Gasteiger partial charge on any atom is 0.315 e. The lowest BCUT2D eigenvalue weighted by Crippen LogP contribution is -2.23. The van der Waals surface area contributed by atoms with Gasteiger partial charge in [0, 0.05) is 6.54 Å². The van der Waals surface area contributed by atoms with E-state index in [1.165, 1.54) is 0 Å². The van der Waals surface area contributed by atoms with Gasteiger partial charge < -0.3 is 10.4 Å². The summed E-state index contributed by atoms with van der Waals surface area (Å²) >= 11 is 0. The Morgan fingerprint density at radius 1 is 1.44 bits per heavy atom. The fourth-order valence-electron chi connectivity index (χ4n) is 2.30. The number of carbonyl (C=O) groups is 1. The number of carboxylic acid groups (broad SMARTS) is 1. The average molecular weight is 218 g/mol. The van der Waals surface area contributed by atoms with Gasteiger partial charge in [-0.1, -0.05) is 0 Å². The number of aliphatic carboxylic acids is 1. The van der Waals surface area contributed by atoms with Gasteiger partial charge in [0.1, 0.15) is 5.41 Å². The highest BCUT2D eigenvalue weighted by Gasteiger charge is 2.53. The zero-order valence-electron chi connectivity index (χ0n) is 8.99. The van der Waals surface area contributed by atoms with Crippen molar-refractivity contribution in [3.05, 3.63) is 23.5 Å². The second kappa shape index (κ2) is 3.20. The van der Waals surface area contributed by atoms with E-state index < -0.39 is 11.4 Å². The number of aromatic nitrogens is 1. The highest BCUT2D eigenvalue weighted by Crippen LogP contribution is 2.48. The van der Waals surface area contributed by atoms with Crippen molar-refractivity contribution in [2.75, 3.05) is 11.9 Å². The largest absolute Gasteiger partial charge is 0.481 e. The molecule has 0 radical (unpaired) electrons. The number of carboxylic acids is 1. The van der Waals surface area contributed by atoms with Crippen LogP contribution in [0.2, 0.25) is 0 Å². The van der Waals surface area contributed by atoms with Gasteiger partial charge in [0.25, 0.3) is 0 Å². The van der Waals surface area contributed by atoms with Crippen LogP contribution < -0.4 is 5.32 Å². The molecule has 0 atom stereocenters. The highest BCUT2D eigenvalue weighted by atomic mass is 16.4. The summed E-state index contributed by atoms with van der Waals surface area (Å²) in [5.74, 6) is -0.733. The minimum atomic E-state index is -0.733. The number of nitrogens with zero attached hydrogens (tertiary/aromatic N) is 1. The van der Waals surface area contributed by atoms with Crippen LogP contribution in [-0.2, 0) is 16.6 Å². The van der Waals surface area contributed by atoms with Gasteiger partial charge in [0.15, 0.2) is 0 Å². The number of hydrogen-bond acceptors (Lipinski definition) is 3. The molecule has 0 bridgehead atoms. The third-order valence-corrected chi connectivity index (χ3v) is 3.53. The Morgan fingerprint density at radius 2 is 2.25 bits per heavy atom. The molecule has 0 unspecified atom stereocenters. The van der Waals surface area contributed by atoms with Gasteiger partial charge in [0.05, 0.1) is 17.1 Å². The summed E-state index contributed by atoms with van der Waals surface area (Å²) in [6, 6.07) is 3.83. The van der Waals surface area contributed by atoms with Crippen molar-refractivity contribution < 1.29 is 9.90 Å². The number of nitrogens with one attached hydrogen (secondary N) is 1. The molecule has 1 aliphatic heterocycles. The lowest BCUT2D eigenvalue weighted by molar-refractivity contribution is -0.140. The molecule has 3 rings (SSSR count).